The van der Waals surface area contributed by atoms with Crippen LogP contribution in [0.15, 0.2) is 17.0 Å². The third-order valence-corrected chi connectivity index (χ3v) is 4.80. The van der Waals surface area contributed by atoms with Gasteiger partial charge in [0.25, 0.3) is 0 Å². The minimum Gasteiger partial charge on any atom is -0.382 e. The molecule has 20 heavy (non-hydrogen) atoms. The van der Waals surface area contributed by atoms with Crippen LogP contribution < -0.4 is 15.8 Å². The van der Waals surface area contributed by atoms with E-state index in [9.17, 15) is 8.42 Å². The number of anilines is 1. The maximum absolute atomic E-state index is 11.5. The first-order valence-corrected chi connectivity index (χ1v) is 8.54. The lowest BCUT2D eigenvalue weighted by molar-refractivity contribution is 0.597. The van der Waals surface area contributed by atoms with Crippen LogP contribution in [-0.2, 0) is 10.0 Å². The van der Waals surface area contributed by atoms with Crippen LogP contribution in [0, 0.1) is 13.8 Å². The molecule has 1 unspecified atom stereocenters. The van der Waals surface area contributed by atoms with E-state index in [0.29, 0.717) is 6.04 Å². The molecule has 0 aliphatic carbocycles. The first-order valence-electron chi connectivity index (χ1n) is 6.99. The molecule has 2 rings (SSSR count). The molecule has 0 saturated carbocycles. The Labute approximate surface area is 121 Å². The minimum absolute atomic E-state index is 0.176. The summed E-state index contributed by atoms with van der Waals surface area (Å²) in [7, 11) is -3.66. The van der Waals surface area contributed by atoms with E-state index in [1.54, 1.807) is 12.1 Å². The zero-order valence-electron chi connectivity index (χ0n) is 12.1. The first-order chi connectivity index (χ1) is 9.38. The number of sulfonamides is 1. The molecule has 1 aromatic rings. The Morgan fingerprint density at radius 2 is 2.00 bits per heavy atom. The Morgan fingerprint density at radius 3 is 2.70 bits per heavy atom. The van der Waals surface area contributed by atoms with Gasteiger partial charge in [-0.3, -0.25) is 0 Å². The highest BCUT2D eigenvalue weighted by Gasteiger charge is 2.16. The lowest BCUT2D eigenvalue weighted by Gasteiger charge is -2.20. The fraction of sp³-hybridized carbons (Fsp3) is 0.571. The maximum atomic E-state index is 11.5. The highest BCUT2D eigenvalue weighted by Crippen LogP contribution is 2.25. The first kappa shape index (κ1) is 15.3. The van der Waals surface area contributed by atoms with E-state index >= 15 is 0 Å². The molecule has 1 aliphatic heterocycles. The van der Waals surface area contributed by atoms with Crippen molar-refractivity contribution in [3.8, 4) is 0 Å². The SMILES string of the molecule is Cc1cc(S(N)(=O)=O)cc(NC2CCCNCC2)c1C. The Morgan fingerprint density at radius 1 is 1.25 bits per heavy atom. The Hall–Kier alpha value is -1.11. The van der Waals surface area contributed by atoms with E-state index in [-0.39, 0.29) is 4.90 Å². The molecule has 1 aliphatic rings. The van der Waals surface area contributed by atoms with Gasteiger partial charge in [0.05, 0.1) is 4.90 Å². The van der Waals surface area contributed by atoms with E-state index in [1.165, 1.54) is 0 Å². The number of rotatable bonds is 3. The number of aryl methyl sites for hydroxylation is 1. The monoisotopic (exact) mass is 297 g/mol. The van der Waals surface area contributed by atoms with Crippen molar-refractivity contribution in [3.05, 3.63) is 23.3 Å². The van der Waals surface area contributed by atoms with Gasteiger partial charge in [0.1, 0.15) is 0 Å². The molecule has 0 radical (unpaired) electrons. The maximum Gasteiger partial charge on any atom is 0.238 e. The summed E-state index contributed by atoms with van der Waals surface area (Å²) >= 11 is 0. The quantitative estimate of drug-likeness (QED) is 0.789. The smallest absolute Gasteiger partial charge is 0.238 e. The normalized spacial score (nSPS) is 20.4. The van der Waals surface area contributed by atoms with Crippen molar-refractivity contribution in [2.24, 2.45) is 5.14 Å². The van der Waals surface area contributed by atoms with Crippen molar-refractivity contribution >= 4 is 15.7 Å². The molecule has 1 heterocycles. The van der Waals surface area contributed by atoms with Gasteiger partial charge >= 0.3 is 0 Å². The van der Waals surface area contributed by atoms with E-state index < -0.39 is 10.0 Å². The Bertz CT molecular complexity index is 576. The molecule has 5 nitrogen and oxygen atoms in total. The van der Waals surface area contributed by atoms with Crippen LogP contribution in [0.1, 0.15) is 30.4 Å². The molecular weight excluding hydrogens is 274 g/mol. The zero-order valence-corrected chi connectivity index (χ0v) is 12.9. The average molecular weight is 297 g/mol. The number of hydrogen-bond donors (Lipinski definition) is 3. The van der Waals surface area contributed by atoms with Crippen LogP contribution in [0.5, 0.6) is 0 Å². The lowest BCUT2D eigenvalue weighted by Crippen LogP contribution is -2.22. The number of nitrogens with two attached hydrogens (primary N) is 1. The van der Waals surface area contributed by atoms with Crippen molar-refractivity contribution in [2.45, 2.75) is 44.0 Å². The second-order valence-corrected chi connectivity index (χ2v) is 7.04. The minimum atomic E-state index is -3.66. The highest BCUT2D eigenvalue weighted by molar-refractivity contribution is 7.89. The van der Waals surface area contributed by atoms with Crippen LogP contribution in [0.25, 0.3) is 0 Å². The predicted octanol–water partition coefficient (Wildman–Crippen LogP) is 1.50. The lowest BCUT2D eigenvalue weighted by atomic mass is 10.1. The summed E-state index contributed by atoms with van der Waals surface area (Å²) < 4.78 is 23.1. The second-order valence-electron chi connectivity index (χ2n) is 5.48. The van der Waals surface area contributed by atoms with Crippen molar-refractivity contribution in [1.82, 2.24) is 5.32 Å². The van der Waals surface area contributed by atoms with Crippen molar-refractivity contribution < 1.29 is 8.42 Å². The summed E-state index contributed by atoms with van der Waals surface area (Å²) in [5.74, 6) is 0. The molecular formula is C14H23N3O2S. The van der Waals surface area contributed by atoms with Gasteiger partial charge < -0.3 is 10.6 Å². The number of nitrogens with one attached hydrogen (secondary N) is 2. The van der Waals surface area contributed by atoms with Gasteiger partial charge in [-0.2, -0.15) is 0 Å². The molecule has 0 amide bonds. The molecule has 0 spiro atoms. The Balaban J connectivity index is 2.28. The summed E-state index contributed by atoms with van der Waals surface area (Å²) in [5.41, 5.74) is 2.89. The molecule has 0 bridgehead atoms. The summed E-state index contributed by atoms with van der Waals surface area (Å²) in [4.78, 5) is 0.176. The zero-order chi connectivity index (χ0) is 14.8. The molecule has 6 heteroatoms. The largest absolute Gasteiger partial charge is 0.382 e. The average Bonchev–Trinajstić information content (AvgIpc) is 2.62. The van der Waals surface area contributed by atoms with Crippen LogP contribution in [0.2, 0.25) is 0 Å². The third-order valence-electron chi connectivity index (χ3n) is 3.90. The highest BCUT2D eigenvalue weighted by atomic mass is 32.2. The van der Waals surface area contributed by atoms with Crippen LogP contribution in [0.4, 0.5) is 5.69 Å². The van der Waals surface area contributed by atoms with Crippen LogP contribution >= 0.6 is 0 Å². The molecule has 1 fully saturated rings. The summed E-state index contributed by atoms with van der Waals surface area (Å²) in [6.45, 7) is 5.95. The number of hydrogen-bond acceptors (Lipinski definition) is 4. The van der Waals surface area contributed by atoms with E-state index in [2.05, 4.69) is 10.6 Å². The molecule has 1 atom stereocenters. The Kier molecular flexibility index (Phi) is 4.67. The van der Waals surface area contributed by atoms with Gasteiger partial charge in [0.15, 0.2) is 0 Å². The van der Waals surface area contributed by atoms with Crippen LogP contribution in [0.3, 0.4) is 0 Å². The third kappa shape index (κ3) is 3.71. The number of primary sulfonamides is 1. The van der Waals surface area contributed by atoms with E-state index in [4.69, 9.17) is 5.14 Å². The molecule has 1 aromatic carbocycles. The summed E-state index contributed by atoms with van der Waals surface area (Å²) in [5, 5.41) is 12.1. The second kappa shape index (κ2) is 6.11. The van der Waals surface area contributed by atoms with Gasteiger partial charge in [0.2, 0.25) is 10.0 Å². The fourth-order valence-electron chi connectivity index (χ4n) is 2.52. The van der Waals surface area contributed by atoms with Crippen molar-refractivity contribution in [2.75, 3.05) is 18.4 Å². The van der Waals surface area contributed by atoms with Crippen molar-refractivity contribution in [1.29, 1.82) is 0 Å². The summed E-state index contributed by atoms with van der Waals surface area (Å²) in [6, 6.07) is 3.65. The molecule has 1 saturated heterocycles. The molecule has 112 valence electrons. The topological polar surface area (TPSA) is 84.2 Å². The standard InChI is InChI=1S/C14H23N3O2S/c1-10-8-13(20(15,18)19)9-14(11(10)2)17-12-4-3-6-16-7-5-12/h8-9,12,16-17H,3-7H2,1-2H3,(H2,15,18,19). The van der Waals surface area contributed by atoms with Gasteiger partial charge in [-0.05, 0) is 69.5 Å². The predicted molar refractivity (Wildman–Crippen MR) is 81.4 cm³/mol. The number of benzene rings is 1. The van der Waals surface area contributed by atoms with Gasteiger partial charge in [0, 0.05) is 11.7 Å². The molecule has 0 aromatic heterocycles. The summed E-state index contributed by atoms with van der Waals surface area (Å²) in [6.07, 6.45) is 3.26. The van der Waals surface area contributed by atoms with Gasteiger partial charge in [-0.15, -0.1) is 0 Å². The van der Waals surface area contributed by atoms with Gasteiger partial charge in [-0.1, -0.05) is 0 Å². The van der Waals surface area contributed by atoms with E-state index in [0.717, 1.165) is 49.2 Å². The molecule has 4 N–H and O–H groups in total. The van der Waals surface area contributed by atoms with Gasteiger partial charge in [-0.25, -0.2) is 13.6 Å². The van der Waals surface area contributed by atoms with Crippen LogP contribution in [-0.4, -0.2) is 27.5 Å². The van der Waals surface area contributed by atoms with E-state index in [1.807, 2.05) is 13.8 Å². The fourth-order valence-corrected chi connectivity index (χ4v) is 3.15. The van der Waals surface area contributed by atoms with Crippen molar-refractivity contribution in [3.63, 3.8) is 0 Å².